The Morgan fingerprint density at radius 2 is 1.71 bits per heavy atom. The monoisotopic (exact) mass is 267 g/mol. The van der Waals surface area contributed by atoms with Crippen molar-refractivity contribution in [2.24, 2.45) is 0 Å². The summed E-state index contributed by atoms with van der Waals surface area (Å²) < 4.78 is 0. The Hall–Kier alpha value is -2.70. The summed E-state index contributed by atoms with van der Waals surface area (Å²) in [7, 11) is 0. The Bertz CT molecular complexity index is 801. The summed E-state index contributed by atoms with van der Waals surface area (Å²) >= 11 is 0. The van der Waals surface area contributed by atoms with Crippen LogP contribution in [0.15, 0.2) is 48.6 Å². The first-order chi connectivity index (χ1) is 10.3. The molecule has 1 aliphatic carbocycles. The van der Waals surface area contributed by atoms with Gasteiger partial charge in [0, 0.05) is 17.0 Å². The van der Waals surface area contributed by atoms with Crippen LogP contribution in [-0.2, 0) is 6.42 Å². The molecule has 1 aliphatic rings. The lowest BCUT2D eigenvalue weighted by Crippen LogP contribution is -1.95. The molecule has 2 aromatic carbocycles. The maximum absolute atomic E-state index is 5.64. The topological polar surface area (TPSA) is 0 Å². The lowest BCUT2D eigenvalue weighted by Gasteiger charge is -2.13. The summed E-state index contributed by atoms with van der Waals surface area (Å²) in [4.78, 5) is 0. The van der Waals surface area contributed by atoms with Crippen molar-refractivity contribution in [1.82, 2.24) is 0 Å². The Labute approximate surface area is 126 Å². The van der Waals surface area contributed by atoms with Crippen LogP contribution >= 0.6 is 0 Å². The van der Waals surface area contributed by atoms with Gasteiger partial charge in [0.15, 0.2) is 0 Å². The number of rotatable bonds is 3. The van der Waals surface area contributed by atoms with Gasteiger partial charge in [-0.3, -0.25) is 0 Å². The molecule has 2 aromatic rings. The normalized spacial score (nSPS) is 12.7. The van der Waals surface area contributed by atoms with E-state index in [1.807, 2.05) is 12.1 Å². The second-order valence-electron chi connectivity index (χ2n) is 5.03. The second kappa shape index (κ2) is 5.35. The van der Waals surface area contributed by atoms with Crippen LogP contribution < -0.4 is 0 Å². The van der Waals surface area contributed by atoms with E-state index in [2.05, 4.69) is 55.2 Å². The first-order valence-electron chi connectivity index (χ1n) is 7.03. The number of benzene rings is 2. The van der Waals surface area contributed by atoms with E-state index in [1.165, 1.54) is 11.5 Å². The second-order valence-corrected chi connectivity index (χ2v) is 5.03. The van der Waals surface area contributed by atoms with Crippen molar-refractivity contribution in [2.45, 2.75) is 13.3 Å². The molecule has 0 spiro atoms. The zero-order valence-electron chi connectivity index (χ0n) is 12.0. The summed E-state index contributed by atoms with van der Waals surface area (Å²) in [6.45, 7) is 2.12. The molecule has 0 nitrogen and oxygen atoms in total. The third-order valence-corrected chi connectivity index (χ3v) is 3.80. The molecule has 0 bridgehead atoms. The van der Waals surface area contributed by atoms with Gasteiger partial charge in [0.2, 0.25) is 0 Å². The summed E-state index contributed by atoms with van der Waals surface area (Å²) in [6, 6.07) is 12.4. The molecule has 99 valence electrons. The average molecular weight is 267 g/mol. The van der Waals surface area contributed by atoms with Crippen molar-refractivity contribution in [3.8, 4) is 35.8 Å². The van der Waals surface area contributed by atoms with E-state index < -0.39 is 0 Å². The third-order valence-electron chi connectivity index (χ3n) is 3.80. The van der Waals surface area contributed by atoms with Gasteiger partial charge in [-0.2, -0.15) is 0 Å². The third kappa shape index (κ3) is 2.37. The number of hydrogen-bond donors (Lipinski definition) is 0. The summed E-state index contributed by atoms with van der Waals surface area (Å²) in [5.41, 5.74) is 6.48. The van der Waals surface area contributed by atoms with Crippen LogP contribution in [-0.4, -0.2) is 0 Å². The Balaban J connectivity index is 2.18. The maximum atomic E-state index is 5.64. The maximum Gasteiger partial charge on any atom is 0.0498 e. The van der Waals surface area contributed by atoms with Crippen molar-refractivity contribution >= 4 is 0 Å². The van der Waals surface area contributed by atoms with E-state index in [-0.39, 0.29) is 0 Å². The molecule has 0 aliphatic heterocycles. The molecule has 1 radical (unpaired) electrons. The molecule has 0 N–H and O–H groups in total. The molecule has 0 fully saturated rings. The van der Waals surface area contributed by atoms with E-state index >= 15 is 0 Å². The van der Waals surface area contributed by atoms with Crippen LogP contribution in [0.4, 0.5) is 0 Å². The summed E-state index contributed by atoms with van der Waals surface area (Å²) in [6.07, 6.45) is 16.4. The predicted octanol–water partition coefficient (Wildman–Crippen LogP) is 4.37. The van der Waals surface area contributed by atoms with E-state index in [0.29, 0.717) is 0 Å². The van der Waals surface area contributed by atoms with Crippen molar-refractivity contribution in [3.05, 3.63) is 76.7 Å². The van der Waals surface area contributed by atoms with Gasteiger partial charge in [0.25, 0.3) is 0 Å². The van der Waals surface area contributed by atoms with Gasteiger partial charge >= 0.3 is 0 Å². The number of aryl methyl sites for hydroxylation is 1. The van der Waals surface area contributed by atoms with Gasteiger partial charge in [-0.15, -0.1) is 12.8 Å². The summed E-state index contributed by atoms with van der Waals surface area (Å²) in [5, 5.41) is 0. The molecule has 3 rings (SSSR count). The van der Waals surface area contributed by atoms with E-state index in [4.69, 9.17) is 12.8 Å². The minimum absolute atomic E-state index is 0.925. The molecule has 0 heterocycles. The van der Waals surface area contributed by atoms with Gasteiger partial charge < -0.3 is 0 Å². The first-order valence-corrected chi connectivity index (χ1v) is 7.03. The van der Waals surface area contributed by atoms with E-state index in [0.717, 1.165) is 34.2 Å². The van der Waals surface area contributed by atoms with Crippen molar-refractivity contribution in [2.75, 3.05) is 0 Å². The largest absolute Gasteiger partial charge is 0.115 e. The first kappa shape index (κ1) is 13.3. The van der Waals surface area contributed by atoms with Gasteiger partial charge in [0.1, 0.15) is 0 Å². The highest BCUT2D eigenvalue weighted by Gasteiger charge is 2.22. The average Bonchev–Trinajstić information content (AvgIpc) is 3.38. The van der Waals surface area contributed by atoms with Gasteiger partial charge in [0.05, 0.1) is 0 Å². The van der Waals surface area contributed by atoms with Crippen molar-refractivity contribution < 1.29 is 0 Å². The van der Waals surface area contributed by atoms with Crippen LogP contribution in [0.3, 0.4) is 0 Å². The minimum Gasteiger partial charge on any atom is -0.115 e. The molecule has 21 heavy (non-hydrogen) atoms. The molecule has 0 heteroatoms. The number of hydrogen-bond acceptors (Lipinski definition) is 0. The molecule has 0 atom stereocenters. The number of terminal acetylenes is 2. The zero-order valence-corrected chi connectivity index (χ0v) is 12.0. The zero-order chi connectivity index (χ0) is 14.8. The fourth-order valence-electron chi connectivity index (χ4n) is 2.62. The Morgan fingerprint density at radius 3 is 2.33 bits per heavy atom. The lowest BCUT2D eigenvalue weighted by molar-refractivity contribution is 1.13. The predicted molar refractivity (Wildman–Crippen MR) is 88.6 cm³/mol. The molecule has 0 saturated carbocycles. The highest BCUT2D eigenvalue weighted by Crippen LogP contribution is 2.38. The fraction of sp³-hybridized carbons (Fsp3) is 0.0952. The summed E-state index contributed by atoms with van der Waals surface area (Å²) in [5.74, 6) is 6.77. The van der Waals surface area contributed by atoms with Gasteiger partial charge in [-0.25, -0.2) is 0 Å². The molecule has 0 aromatic heterocycles. The van der Waals surface area contributed by atoms with Crippen molar-refractivity contribution in [1.29, 1.82) is 0 Å². The molecule has 0 amide bonds. The minimum atomic E-state index is 0.925. The van der Waals surface area contributed by atoms with Crippen LogP contribution in [0.2, 0.25) is 0 Å². The molecular formula is C21H15. The van der Waals surface area contributed by atoms with Crippen LogP contribution in [0.5, 0.6) is 0 Å². The van der Waals surface area contributed by atoms with E-state index in [9.17, 15) is 0 Å². The lowest BCUT2D eigenvalue weighted by atomic mass is 9.90. The highest BCUT2D eigenvalue weighted by molar-refractivity contribution is 5.79. The Morgan fingerprint density at radius 1 is 0.952 bits per heavy atom. The quantitative estimate of drug-likeness (QED) is 0.724. The van der Waals surface area contributed by atoms with Crippen molar-refractivity contribution in [3.63, 3.8) is 0 Å². The van der Waals surface area contributed by atoms with Crippen LogP contribution in [0.1, 0.15) is 29.2 Å². The van der Waals surface area contributed by atoms with E-state index in [1.54, 1.807) is 0 Å². The molecule has 0 saturated heterocycles. The van der Waals surface area contributed by atoms with Gasteiger partial charge in [-0.05, 0) is 40.8 Å². The highest BCUT2D eigenvalue weighted by atomic mass is 14.2. The smallest absolute Gasteiger partial charge is 0.0498 e. The number of allylic oxidation sites excluding steroid dienone is 2. The fourth-order valence-corrected chi connectivity index (χ4v) is 2.62. The molecular weight excluding hydrogens is 252 g/mol. The SMILES string of the molecule is C#Cc1cc(-c2cccc(C#C)c2[C]2C=C2)ccc1CC. The Kier molecular flexibility index (Phi) is 3.39. The standard InChI is InChI=1S/C21H15/c1-4-15-10-13-19(14-17(15)6-3)20-9-7-8-16(5-2)21(20)18-11-12-18/h2-3,7-14H,4H2,1H3. The van der Waals surface area contributed by atoms with Crippen LogP contribution in [0.25, 0.3) is 11.1 Å². The van der Waals surface area contributed by atoms with Gasteiger partial charge in [-0.1, -0.05) is 55.2 Å². The van der Waals surface area contributed by atoms with Crippen LogP contribution in [0, 0.1) is 30.6 Å². The molecule has 0 unspecified atom stereocenters.